The number of aryl methyl sites for hydroxylation is 1. The topological polar surface area (TPSA) is 87.7 Å². The third kappa shape index (κ3) is 4.42. The van der Waals surface area contributed by atoms with Crippen LogP contribution in [0.2, 0.25) is 0 Å². The van der Waals surface area contributed by atoms with Gasteiger partial charge in [-0.25, -0.2) is 9.97 Å². The van der Waals surface area contributed by atoms with Gasteiger partial charge in [-0.3, -0.25) is 14.9 Å². The third-order valence-corrected chi connectivity index (χ3v) is 5.23. The zero-order chi connectivity index (χ0) is 19.2. The largest absolute Gasteiger partial charge is 0.343 e. The second-order valence-corrected chi connectivity index (χ2v) is 7.13. The van der Waals surface area contributed by atoms with E-state index in [1.165, 1.54) is 5.56 Å². The van der Waals surface area contributed by atoms with E-state index in [0.717, 1.165) is 44.6 Å². The predicted molar refractivity (Wildman–Crippen MR) is 105 cm³/mol. The van der Waals surface area contributed by atoms with Gasteiger partial charge >= 0.3 is 0 Å². The van der Waals surface area contributed by atoms with Crippen LogP contribution in [0.5, 0.6) is 0 Å². The quantitative estimate of drug-likeness (QED) is 0.714. The van der Waals surface area contributed by atoms with E-state index in [1.54, 1.807) is 18.6 Å². The average molecular weight is 376 g/mol. The maximum absolute atomic E-state index is 12.5. The Balaban J connectivity index is 1.25. The molecule has 0 aliphatic carbocycles. The summed E-state index contributed by atoms with van der Waals surface area (Å²) in [7, 11) is 0. The van der Waals surface area contributed by atoms with Gasteiger partial charge in [0.15, 0.2) is 0 Å². The Morgan fingerprint density at radius 1 is 1.14 bits per heavy atom. The van der Waals surface area contributed by atoms with Crippen molar-refractivity contribution in [3.63, 3.8) is 0 Å². The van der Waals surface area contributed by atoms with Gasteiger partial charge in [-0.05, 0) is 31.2 Å². The van der Waals surface area contributed by atoms with Crippen LogP contribution in [-0.2, 0) is 11.2 Å². The number of nitrogens with zero attached hydrogens (tertiary/aromatic N) is 5. The van der Waals surface area contributed by atoms with E-state index in [-0.39, 0.29) is 5.91 Å². The molecule has 2 aromatic heterocycles. The highest BCUT2D eigenvalue weighted by atomic mass is 16.2. The highest BCUT2D eigenvalue weighted by molar-refractivity contribution is 5.76. The number of rotatable bonds is 6. The van der Waals surface area contributed by atoms with Gasteiger partial charge in [0.2, 0.25) is 11.7 Å². The van der Waals surface area contributed by atoms with Crippen molar-refractivity contribution in [3.8, 4) is 11.5 Å². The summed E-state index contributed by atoms with van der Waals surface area (Å²) < 4.78 is 0. The number of hydrogen-bond donors (Lipinski definition) is 1. The fourth-order valence-corrected chi connectivity index (χ4v) is 3.63. The Morgan fingerprint density at radius 2 is 1.96 bits per heavy atom. The summed E-state index contributed by atoms with van der Waals surface area (Å²) in [6, 6.07) is 10.3. The molecule has 4 rings (SSSR count). The monoisotopic (exact) mass is 376 g/mol. The molecule has 0 radical (unpaired) electrons. The molecule has 0 bridgehead atoms. The molecule has 0 atom stereocenters. The molecule has 1 aliphatic rings. The molecule has 1 N–H and O–H groups in total. The van der Waals surface area contributed by atoms with E-state index in [0.29, 0.717) is 23.9 Å². The van der Waals surface area contributed by atoms with Gasteiger partial charge in [0, 0.05) is 37.8 Å². The number of aromatic amines is 1. The number of H-pyrrole nitrogens is 1. The van der Waals surface area contributed by atoms with E-state index in [4.69, 9.17) is 0 Å². The van der Waals surface area contributed by atoms with Gasteiger partial charge in [0.1, 0.15) is 11.5 Å². The first-order chi connectivity index (χ1) is 13.8. The van der Waals surface area contributed by atoms with E-state index in [1.807, 2.05) is 23.1 Å². The summed E-state index contributed by atoms with van der Waals surface area (Å²) in [4.78, 5) is 27.4. The minimum atomic E-state index is 0.257. The van der Waals surface area contributed by atoms with Crippen LogP contribution in [-0.4, -0.2) is 49.0 Å². The summed E-state index contributed by atoms with van der Waals surface area (Å²) >= 11 is 0. The van der Waals surface area contributed by atoms with Crippen molar-refractivity contribution in [2.75, 3.05) is 13.1 Å². The van der Waals surface area contributed by atoms with E-state index in [9.17, 15) is 4.79 Å². The van der Waals surface area contributed by atoms with Crippen molar-refractivity contribution in [1.29, 1.82) is 0 Å². The molecule has 0 unspecified atom stereocenters. The van der Waals surface area contributed by atoms with Gasteiger partial charge in [0.05, 0.1) is 6.20 Å². The lowest BCUT2D eigenvalue weighted by Gasteiger charge is -2.31. The molecule has 1 saturated heterocycles. The smallest absolute Gasteiger partial charge is 0.222 e. The second kappa shape index (κ2) is 8.73. The normalized spacial score (nSPS) is 14.9. The van der Waals surface area contributed by atoms with Crippen molar-refractivity contribution >= 4 is 5.91 Å². The van der Waals surface area contributed by atoms with Crippen LogP contribution in [0.25, 0.3) is 11.5 Å². The number of benzene rings is 1. The average Bonchev–Trinajstić information content (AvgIpc) is 3.25. The van der Waals surface area contributed by atoms with Gasteiger partial charge < -0.3 is 4.90 Å². The molecule has 1 amide bonds. The zero-order valence-corrected chi connectivity index (χ0v) is 15.8. The van der Waals surface area contributed by atoms with Crippen LogP contribution in [0.3, 0.4) is 0 Å². The lowest BCUT2D eigenvalue weighted by Crippen LogP contribution is -2.38. The zero-order valence-electron chi connectivity index (χ0n) is 15.8. The third-order valence-electron chi connectivity index (χ3n) is 5.23. The van der Waals surface area contributed by atoms with Gasteiger partial charge in [-0.1, -0.05) is 30.3 Å². The number of likely N-dealkylation sites (tertiary alicyclic amines) is 1. The number of nitrogens with one attached hydrogen (secondary N) is 1. The van der Waals surface area contributed by atoms with E-state index >= 15 is 0 Å². The van der Waals surface area contributed by atoms with Crippen LogP contribution in [0.4, 0.5) is 0 Å². The van der Waals surface area contributed by atoms with Crippen LogP contribution < -0.4 is 0 Å². The first-order valence-electron chi connectivity index (χ1n) is 9.80. The molecule has 144 valence electrons. The summed E-state index contributed by atoms with van der Waals surface area (Å²) in [5.41, 5.74) is 1.95. The molecule has 7 heteroatoms. The Hall–Kier alpha value is -3.09. The van der Waals surface area contributed by atoms with Crippen molar-refractivity contribution in [2.24, 2.45) is 0 Å². The van der Waals surface area contributed by atoms with Crippen LogP contribution in [0, 0.1) is 0 Å². The van der Waals surface area contributed by atoms with Crippen LogP contribution >= 0.6 is 0 Å². The molecule has 1 aromatic carbocycles. The molecule has 1 fully saturated rings. The molecule has 0 spiro atoms. The van der Waals surface area contributed by atoms with Crippen molar-refractivity contribution in [3.05, 3.63) is 60.3 Å². The predicted octanol–water partition coefficient (Wildman–Crippen LogP) is 2.99. The molecule has 0 saturated carbocycles. The molecular weight excluding hydrogens is 352 g/mol. The number of carbonyl (C=O) groups excluding carboxylic acids is 1. The first-order valence-corrected chi connectivity index (χ1v) is 9.80. The van der Waals surface area contributed by atoms with Crippen molar-refractivity contribution < 1.29 is 4.79 Å². The molecule has 7 nitrogen and oxygen atoms in total. The summed E-state index contributed by atoms with van der Waals surface area (Å²) in [5, 5.41) is 7.30. The summed E-state index contributed by atoms with van der Waals surface area (Å²) in [6.45, 7) is 1.55. The molecule has 3 heterocycles. The number of piperidine rings is 1. The Labute approximate surface area is 164 Å². The summed E-state index contributed by atoms with van der Waals surface area (Å²) in [5.74, 6) is 2.00. The minimum Gasteiger partial charge on any atom is -0.343 e. The number of amides is 1. The second-order valence-electron chi connectivity index (χ2n) is 7.13. The minimum absolute atomic E-state index is 0.257. The summed E-state index contributed by atoms with van der Waals surface area (Å²) in [6.07, 6.45) is 9.18. The number of aromatic nitrogens is 5. The first kappa shape index (κ1) is 18.3. The molecule has 28 heavy (non-hydrogen) atoms. The van der Waals surface area contributed by atoms with Gasteiger partial charge in [-0.2, -0.15) is 5.10 Å². The Morgan fingerprint density at radius 3 is 2.71 bits per heavy atom. The van der Waals surface area contributed by atoms with Crippen molar-refractivity contribution in [2.45, 2.75) is 38.0 Å². The fourth-order valence-electron chi connectivity index (χ4n) is 3.63. The van der Waals surface area contributed by atoms with Gasteiger partial charge in [0.25, 0.3) is 0 Å². The molecule has 3 aromatic rings. The highest BCUT2D eigenvalue weighted by Crippen LogP contribution is 2.27. The van der Waals surface area contributed by atoms with E-state index < -0.39 is 0 Å². The highest BCUT2D eigenvalue weighted by Gasteiger charge is 2.26. The lowest BCUT2D eigenvalue weighted by molar-refractivity contribution is -0.132. The maximum atomic E-state index is 12.5. The van der Waals surface area contributed by atoms with Crippen molar-refractivity contribution in [1.82, 2.24) is 30.0 Å². The van der Waals surface area contributed by atoms with E-state index in [2.05, 4.69) is 37.3 Å². The number of carbonyl (C=O) groups is 1. The fraction of sp³-hybridized carbons (Fsp3) is 0.381. The van der Waals surface area contributed by atoms with Crippen LogP contribution in [0.1, 0.15) is 43.0 Å². The Bertz CT molecular complexity index is 888. The van der Waals surface area contributed by atoms with Gasteiger partial charge in [-0.15, -0.1) is 0 Å². The Kier molecular flexibility index (Phi) is 5.70. The molecule has 1 aliphatic heterocycles. The maximum Gasteiger partial charge on any atom is 0.222 e. The van der Waals surface area contributed by atoms with Crippen LogP contribution in [0.15, 0.2) is 48.9 Å². The number of hydrogen-bond acceptors (Lipinski definition) is 5. The standard InChI is InChI=1S/C21H24N6O/c28-19(8-4-7-16-5-2-1-3-6-16)27-13-9-17(10-14-27)20-24-21(26-25-20)18-15-22-11-12-23-18/h1-3,5-6,11-12,15,17H,4,7-10,13-14H2,(H,24,25,26). The SMILES string of the molecule is O=C(CCCc1ccccc1)N1CCC(c2nc(-c3cnccn3)n[nH]2)CC1. The molecular formula is C21H24N6O. The lowest BCUT2D eigenvalue weighted by atomic mass is 9.95.